The average Bonchev–Trinajstić information content (AvgIpc) is 1.65. The molecule has 706 valence electrons. The molecule has 15 rings (SSSR count). The van der Waals surface area contributed by atoms with E-state index in [4.69, 9.17) is 89.5 Å². The minimum atomic E-state index is -0.910. The van der Waals surface area contributed by atoms with Crippen molar-refractivity contribution in [2.24, 2.45) is 5.73 Å². The Balaban J connectivity index is 0.000000184. The molecule has 3 fully saturated rings. The molecule has 0 bridgehead atoms. The van der Waals surface area contributed by atoms with Crippen LogP contribution in [0.1, 0.15) is 273 Å². The van der Waals surface area contributed by atoms with Crippen molar-refractivity contribution in [3.8, 4) is 0 Å². The number of hydrogen-bond donors (Lipinski definition) is 4. The number of amides is 2. The number of aromatic carboxylic acids is 1. The number of carboxylic acid groups (broad SMARTS) is 1. The van der Waals surface area contributed by atoms with Gasteiger partial charge in [0.25, 0.3) is 11.8 Å². The number of carbonyl (C=O) groups excluding carboxylic acids is 5. The van der Waals surface area contributed by atoms with Gasteiger partial charge in [-0.3, -0.25) is 38.7 Å². The van der Waals surface area contributed by atoms with Crippen LogP contribution in [0.15, 0.2) is 237 Å². The fraction of sp³-hybridized carbons (Fsp3) is 0.351. The summed E-state index contributed by atoms with van der Waals surface area (Å²) in [6.07, 6.45) is 3.39. The minimum Gasteiger partial charge on any atom is -0.478 e. The SMILES string of the molecule is CC(C)(C)OC(=O)CCN.Cc1ccc2cc([C@H]3C[C@H](c4cc(Cl)cc(Cl)c4)CN3C(C)c3ccc(C(=O)NCCC(=O)OC(C)(C)C)cc3)ccc2c1.Cc1ccc2cc([C@H]3C[C@H](c4cc(Cl)cc(Cl)c4)CN3C(C)c3ccc(C(=O)NCCC(=O)OC(C)(C)C)cc3)ccc2c1.Cc1ccc2cc([C@H]3C[C@H](c4cc(Cl)cc(Cl)c4)CN3C(C)c3ccc(C(=O)O)cc3)ccc2c1.Cl. The van der Waals surface area contributed by atoms with Crippen LogP contribution in [0.3, 0.4) is 0 Å². The van der Waals surface area contributed by atoms with E-state index in [0.717, 1.165) is 72.3 Å². The molecule has 12 aromatic carbocycles. The third kappa shape index (κ3) is 29.1. The summed E-state index contributed by atoms with van der Waals surface area (Å²) < 4.78 is 15.6. The molecule has 16 nitrogen and oxygen atoms in total. The van der Waals surface area contributed by atoms with E-state index >= 15 is 0 Å². The first kappa shape index (κ1) is 105. The number of nitrogens with one attached hydrogen (secondary N) is 2. The van der Waals surface area contributed by atoms with Gasteiger partial charge in [-0.2, -0.15) is 0 Å². The fourth-order valence-electron chi connectivity index (χ4n) is 18.1. The van der Waals surface area contributed by atoms with Gasteiger partial charge in [0.2, 0.25) is 0 Å². The summed E-state index contributed by atoms with van der Waals surface area (Å²) in [7, 11) is 0. The van der Waals surface area contributed by atoms with E-state index in [1.54, 1.807) is 30.3 Å². The van der Waals surface area contributed by atoms with Gasteiger partial charge in [-0.1, -0.05) is 214 Å². The molecule has 2 amide bonds. The zero-order chi connectivity index (χ0) is 96.1. The van der Waals surface area contributed by atoms with E-state index in [9.17, 15) is 33.9 Å². The van der Waals surface area contributed by atoms with E-state index in [2.05, 4.69) is 176 Å². The highest BCUT2D eigenvalue weighted by Crippen LogP contribution is 2.50. The second kappa shape index (κ2) is 46.3. The van der Waals surface area contributed by atoms with Gasteiger partial charge in [0, 0.05) is 117 Å². The van der Waals surface area contributed by atoms with Crippen molar-refractivity contribution < 1.29 is 48.1 Å². The molecule has 3 aliphatic heterocycles. The Bertz CT molecular complexity index is 5850. The van der Waals surface area contributed by atoms with E-state index in [0.29, 0.717) is 59.8 Å². The summed E-state index contributed by atoms with van der Waals surface area (Å²) in [5.74, 6) is -1.41. The Morgan fingerprint density at radius 2 is 0.597 bits per heavy atom. The lowest BCUT2D eigenvalue weighted by atomic mass is 9.92. The summed E-state index contributed by atoms with van der Waals surface area (Å²) in [6, 6.07) is 81.2. The molecular formula is C111H123Cl7N6O10. The minimum absolute atomic E-state index is 0. The highest BCUT2D eigenvalue weighted by atomic mass is 35.5. The first-order valence-electron chi connectivity index (χ1n) is 45.6. The largest absolute Gasteiger partial charge is 0.478 e. The van der Waals surface area contributed by atoms with Gasteiger partial charge in [-0.05, 0) is 332 Å². The van der Waals surface area contributed by atoms with Gasteiger partial charge in [0.1, 0.15) is 16.8 Å². The van der Waals surface area contributed by atoms with Gasteiger partial charge in [-0.15, -0.1) is 12.4 Å². The smallest absolute Gasteiger partial charge is 0.335 e. The maximum Gasteiger partial charge on any atom is 0.335 e. The lowest BCUT2D eigenvalue weighted by Crippen LogP contribution is -2.29. The van der Waals surface area contributed by atoms with Crippen molar-refractivity contribution in [1.82, 2.24) is 25.3 Å². The van der Waals surface area contributed by atoms with Gasteiger partial charge < -0.3 is 35.7 Å². The number of carboxylic acids is 1. The standard InChI is InChI=1S/2C37H40Cl2N2O3.C30H27Cl2NO2.C7H15NO2.ClH/c2*1-23-6-7-28-17-29(13-12-27(28)16-23)34-20-31(30-18-32(38)21-33(39)19-30)22-41(34)24(2)25-8-10-26(11-9-25)36(43)40-15-14-35(42)44-37(3,4)5;1-18-3-4-23-12-24(10-9-22(23)11-18)29-15-26(25-13-27(31)16-28(32)14-25)17-33(29)19(2)20-5-7-21(8-6-20)30(34)35;1-7(2,3)10-6(9)4-5-8;/h2*6-13,16-19,21,24,31,34H,14-15,20,22H2,1-5H3,(H,40,43);3-14,16,19,26,29H,15,17H2,1-2H3,(H,34,35);4-5,8H2,1-3H3;1H/t2*24?,31-,34+;19?,26-,29+;;/m000../s1. The number of rotatable bonds is 23. The van der Waals surface area contributed by atoms with Gasteiger partial charge in [0.05, 0.1) is 24.8 Å². The van der Waals surface area contributed by atoms with Crippen LogP contribution in [0.25, 0.3) is 32.3 Å². The zero-order valence-corrected chi connectivity index (χ0v) is 84.3. The van der Waals surface area contributed by atoms with Crippen LogP contribution < -0.4 is 16.4 Å². The van der Waals surface area contributed by atoms with Crippen LogP contribution in [-0.4, -0.2) is 112 Å². The quantitative estimate of drug-likeness (QED) is 0.0347. The van der Waals surface area contributed by atoms with Crippen LogP contribution in [0.2, 0.25) is 30.1 Å². The number of halogens is 7. The summed E-state index contributed by atoms with van der Waals surface area (Å²) in [6.45, 7) is 32.8. The Morgan fingerprint density at radius 1 is 0.351 bits per heavy atom. The molecular weight excluding hydrogens is 1830 g/mol. The maximum absolute atomic E-state index is 12.8. The second-order valence-corrected chi connectivity index (χ2v) is 41.0. The first-order valence-corrected chi connectivity index (χ1v) is 47.8. The molecule has 0 aromatic heterocycles. The Hall–Kier alpha value is -9.89. The normalized spacial score (nSPS) is 17.6. The van der Waals surface area contributed by atoms with Crippen LogP contribution in [-0.2, 0) is 28.6 Å². The molecule has 134 heavy (non-hydrogen) atoms. The molecule has 0 radical (unpaired) electrons. The van der Waals surface area contributed by atoms with E-state index < -0.39 is 17.2 Å². The summed E-state index contributed by atoms with van der Waals surface area (Å²) in [5, 5.41) is 26.3. The maximum atomic E-state index is 12.8. The van der Waals surface area contributed by atoms with Crippen molar-refractivity contribution >= 4 is 150 Å². The summed E-state index contributed by atoms with van der Waals surface area (Å²) in [4.78, 5) is 79.2. The molecule has 12 aromatic rings. The van der Waals surface area contributed by atoms with E-state index in [1.165, 1.54) is 65.7 Å². The lowest BCUT2D eigenvalue weighted by Gasteiger charge is -2.31. The van der Waals surface area contributed by atoms with Crippen LogP contribution >= 0.6 is 82.0 Å². The van der Waals surface area contributed by atoms with Gasteiger partial charge in [-0.25, -0.2) is 4.79 Å². The molecule has 0 spiro atoms. The molecule has 3 heterocycles. The number of nitrogens with zero attached hydrogens (tertiary/aromatic N) is 3. The molecule has 5 N–H and O–H groups in total. The third-order valence-electron chi connectivity index (χ3n) is 24.6. The monoisotopic (exact) mass is 1940 g/mol. The van der Waals surface area contributed by atoms with Crippen molar-refractivity contribution in [3.05, 3.63) is 350 Å². The summed E-state index contributed by atoms with van der Waals surface area (Å²) >= 11 is 38.4. The number of likely N-dealkylation sites (tertiary alicyclic amines) is 3. The van der Waals surface area contributed by atoms with Crippen LogP contribution in [0.4, 0.5) is 0 Å². The molecule has 9 atom stereocenters. The average molecular weight is 1950 g/mol. The number of esters is 3. The van der Waals surface area contributed by atoms with Crippen molar-refractivity contribution in [3.63, 3.8) is 0 Å². The molecule has 3 aliphatic rings. The number of hydrogen-bond acceptors (Lipinski definition) is 13. The van der Waals surface area contributed by atoms with Gasteiger partial charge >= 0.3 is 23.9 Å². The highest BCUT2D eigenvalue weighted by Gasteiger charge is 2.41. The van der Waals surface area contributed by atoms with Crippen molar-refractivity contribution in [2.75, 3.05) is 39.3 Å². The first-order chi connectivity index (χ1) is 62.9. The number of carbonyl (C=O) groups is 6. The van der Waals surface area contributed by atoms with E-state index in [1.807, 2.05) is 159 Å². The number of ether oxygens (including phenoxy) is 3. The summed E-state index contributed by atoms with van der Waals surface area (Å²) in [5.41, 5.74) is 19.5. The number of fused-ring (bicyclic) bond motifs is 3. The Labute approximate surface area is 825 Å². The lowest BCUT2D eigenvalue weighted by molar-refractivity contribution is -0.155. The van der Waals surface area contributed by atoms with E-state index in [-0.39, 0.29) is 128 Å². The number of nitrogens with two attached hydrogens (primary N) is 1. The molecule has 3 saturated heterocycles. The number of benzene rings is 12. The number of aryl methyl sites for hydroxylation is 3. The highest BCUT2D eigenvalue weighted by molar-refractivity contribution is 6.36. The van der Waals surface area contributed by atoms with Crippen LogP contribution in [0.5, 0.6) is 0 Å². The second-order valence-electron chi connectivity index (χ2n) is 38.4. The zero-order valence-electron chi connectivity index (χ0n) is 78.9. The predicted octanol–water partition coefficient (Wildman–Crippen LogP) is 28.0. The molecule has 23 heteroatoms. The topological polar surface area (TPSA) is 210 Å². The van der Waals surface area contributed by atoms with Crippen molar-refractivity contribution in [1.29, 1.82) is 0 Å². The molecule has 0 saturated carbocycles. The third-order valence-corrected chi connectivity index (χ3v) is 25.9. The fourth-order valence-corrected chi connectivity index (χ4v) is 19.8. The molecule has 3 unspecified atom stereocenters. The Kier molecular flexibility index (Phi) is 36.1. The Morgan fingerprint density at radius 3 is 0.851 bits per heavy atom. The van der Waals surface area contributed by atoms with Crippen molar-refractivity contribution in [2.45, 2.75) is 213 Å². The van der Waals surface area contributed by atoms with Crippen LogP contribution in [0, 0.1) is 20.8 Å². The predicted molar refractivity (Wildman–Crippen MR) is 550 cm³/mol. The molecule has 0 aliphatic carbocycles. The van der Waals surface area contributed by atoms with Gasteiger partial charge in [0.15, 0.2) is 0 Å².